The Hall–Kier alpha value is -1.63. The minimum absolute atomic E-state index is 0.0376. The first-order valence-electron chi connectivity index (χ1n) is 6.33. The van der Waals surface area contributed by atoms with E-state index in [0.29, 0.717) is 0 Å². The lowest BCUT2D eigenvalue weighted by Crippen LogP contribution is -2.39. The van der Waals surface area contributed by atoms with Crippen molar-refractivity contribution in [2.24, 2.45) is 5.18 Å². The first-order chi connectivity index (χ1) is 8.50. The Balaban J connectivity index is 2.82. The molecule has 0 aromatic carbocycles. The van der Waals surface area contributed by atoms with Crippen molar-refractivity contribution in [2.45, 2.75) is 58.7 Å². The molecular weight excluding hydrogens is 226 g/mol. The molecule has 0 unspecified atom stereocenters. The molecule has 0 radical (unpaired) electrons. The van der Waals surface area contributed by atoms with E-state index in [1.807, 2.05) is 12.4 Å². The highest BCUT2D eigenvalue weighted by Crippen LogP contribution is 2.16. The molecule has 0 N–H and O–H groups in total. The fourth-order valence-electron chi connectivity index (χ4n) is 2.01. The molecular formula is C14H22N3O+. The Morgan fingerprint density at radius 2 is 2.17 bits per heavy atom. The predicted molar refractivity (Wildman–Crippen MR) is 71.8 cm³/mol. The van der Waals surface area contributed by atoms with Crippen LogP contribution in [0.5, 0.6) is 0 Å². The number of nitrogens with zero attached hydrogens (tertiary/aromatic N) is 3. The number of nitroso groups, excluding NO2 is 1. The van der Waals surface area contributed by atoms with Gasteiger partial charge in [-0.1, -0.05) is 5.18 Å². The molecule has 0 bridgehead atoms. The SMILES string of the molecule is C#CCCCC[n+]1ccn(C(C)(C)C)c1CN=O. The summed E-state index contributed by atoms with van der Waals surface area (Å²) in [7, 11) is 0. The fraction of sp³-hybridized carbons (Fsp3) is 0.643. The third kappa shape index (κ3) is 3.69. The standard InChI is InChI=1S/C14H22N3O/c1-5-6-7-8-9-16-10-11-17(14(2,3)4)13(16)12-15-18/h1,10-11H,6-9,12H2,2-4H3/q+1. The van der Waals surface area contributed by atoms with Gasteiger partial charge in [-0.15, -0.1) is 12.3 Å². The fourth-order valence-corrected chi connectivity index (χ4v) is 2.01. The lowest BCUT2D eigenvalue weighted by atomic mass is 10.1. The minimum atomic E-state index is -0.0376. The molecule has 0 saturated heterocycles. The van der Waals surface area contributed by atoms with E-state index in [0.717, 1.165) is 31.6 Å². The van der Waals surface area contributed by atoms with Crippen LogP contribution in [0.15, 0.2) is 17.6 Å². The number of unbranched alkanes of at least 4 members (excludes halogenated alkanes) is 2. The first-order valence-corrected chi connectivity index (χ1v) is 6.33. The van der Waals surface area contributed by atoms with E-state index in [1.54, 1.807) is 0 Å². The van der Waals surface area contributed by atoms with Gasteiger partial charge in [-0.25, -0.2) is 9.13 Å². The van der Waals surface area contributed by atoms with E-state index in [2.05, 4.69) is 41.0 Å². The van der Waals surface area contributed by atoms with Gasteiger partial charge in [-0.2, -0.15) is 4.91 Å². The Kier molecular flexibility index (Phi) is 5.08. The van der Waals surface area contributed by atoms with E-state index in [9.17, 15) is 4.91 Å². The van der Waals surface area contributed by atoms with Crippen molar-refractivity contribution in [3.05, 3.63) is 23.1 Å². The van der Waals surface area contributed by atoms with Crippen LogP contribution in [0.1, 0.15) is 45.9 Å². The van der Waals surface area contributed by atoms with Gasteiger partial charge in [0.15, 0.2) is 6.54 Å². The quantitative estimate of drug-likeness (QED) is 0.330. The molecule has 0 fully saturated rings. The first kappa shape index (κ1) is 14.4. The van der Waals surface area contributed by atoms with Crippen LogP contribution in [0, 0.1) is 17.3 Å². The average molecular weight is 248 g/mol. The zero-order valence-corrected chi connectivity index (χ0v) is 11.5. The second-order valence-corrected chi connectivity index (χ2v) is 5.40. The third-order valence-corrected chi connectivity index (χ3v) is 2.90. The summed E-state index contributed by atoms with van der Waals surface area (Å²) in [6, 6.07) is 0. The number of rotatable bonds is 6. The summed E-state index contributed by atoms with van der Waals surface area (Å²) < 4.78 is 4.21. The van der Waals surface area contributed by atoms with Crippen molar-refractivity contribution < 1.29 is 4.57 Å². The normalized spacial score (nSPS) is 11.2. The van der Waals surface area contributed by atoms with Gasteiger partial charge in [-0.3, -0.25) is 0 Å². The van der Waals surface area contributed by atoms with Crippen LogP contribution in [0.3, 0.4) is 0 Å². The molecule has 0 atom stereocenters. The lowest BCUT2D eigenvalue weighted by Gasteiger charge is -2.16. The van der Waals surface area contributed by atoms with Crippen LogP contribution in [-0.2, 0) is 18.6 Å². The van der Waals surface area contributed by atoms with Gasteiger partial charge in [0, 0.05) is 6.42 Å². The van der Waals surface area contributed by atoms with Crippen LogP contribution < -0.4 is 4.57 Å². The maximum atomic E-state index is 10.6. The molecule has 1 aromatic heterocycles. The molecule has 4 nitrogen and oxygen atoms in total. The number of aryl methyl sites for hydroxylation is 1. The zero-order chi connectivity index (χ0) is 13.6. The summed E-state index contributed by atoms with van der Waals surface area (Å²) in [6.45, 7) is 7.44. The summed E-state index contributed by atoms with van der Waals surface area (Å²) in [5, 5.41) is 3.03. The zero-order valence-electron chi connectivity index (χ0n) is 11.5. The van der Waals surface area contributed by atoms with Gasteiger partial charge in [-0.05, 0) is 33.6 Å². The van der Waals surface area contributed by atoms with Gasteiger partial charge in [0.05, 0.1) is 6.54 Å². The molecule has 0 aliphatic heterocycles. The summed E-state index contributed by atoms with van der Waals surface area (Å²) >= 11 is 0. The molecule has 0 spiro atoms. The van der Waals surface area contributed by atoms with E-state index < -0.39 is 0 Å². The van der Waals surface area contributed by atoms with Gasteiger partial charge in [0.2, 0.25) is 0 Å². The smallest absolute Gasteiger partial charge is 0.232 e. The summed E-state index contributed by atoms with van der Waals surface area (Å²) in [5.74, 6) is 3.60. The van der Waals surface area contributed by atoms with Crippen LogP contribution in [0.4, 0.5) is 0 Å². The van der Waals surface area contributed by atoms with Crippen LogP contribution in [0.2, 0.25) is 0 Å². The second-order valence-electron chi connectivity index (χ2n) is 5.40. The van der Waals surface area contributed by atoms with Crippen molar-refractivity contribution >= 4 is 0 Å². The van der Waals surface area contributed by atoms with Crippen LogP contribution in [0.25, 0.3) is 0 Å². The maximum Gasteiger partial charge on any atom is 0.282 e. The Morgan fingerprint density at radius 3 is 2.72 bits per heavy atom. The van der Waals surface area contributed by atoms with Gasteiger partial charge in [0.1, 0.15) is 17.9 Å². The number of hydrogen-bond acceptors (Lipinski definition) is 2. The van der Waals surface area contributed by atoms with Crippen LogP contribution >= 0.6 is 0 Å². The van der Waals surface area contributed by atoms with Crippen molar-refractivity contribution in [2.75, 3.05) is 0 Å². The van der Waals surface area contributed by atoms with Gasteiger partial charge in [0.25, 0.3) is 5.82 Å². The summed E-state index contributed by atoms with van der Waals surface area (Å²) in [4.78, 5) is 10.6. The number of hydrogen-bond donors (Lipinski definition) is 0. The third-order valence-electron chi connectivity index (χ3n) is 2.90. The number of aromatic nitrogens is 2. The molecule has 98 valence electrons. The molecule has 0 amide bonds. The molecule has 1 aromatic rings. The summed E-state index contributed by atoms with van der Waals surface area (Å²) in [6.07, 6.45) is 12.1. The molecule has 4 heteroatoms. The van der Waals surface area contributed by atoms with E-state index in [-0.39, 0.29) is 12.1 Å². The number of terminal acetylenes is 1. The van der Waals surface area contributed by atoms with Crippen molar-refractivity contribution in [1.29, 1.82) is 0 Å². The minimum Gasteiger partial charge on any atom is -0.232 e. The highest BCUT2D eigenvalue weighted by Gasteiger charge is 2.26. The second kappa shape index (κ2) is 6.34. The monoisotopic (exact) mass is 248 g/mol. The van der Waals surface area contributed by atoms with Crippen molar-refractivity contribution in [3.8, 4) is 12.3 Å². The van der Waals surface area contributed by atoms with Crippen molar-refractivity contribution in [3.63, 3.8) is 0 Å². The lowest BCUT2D eigenvalue weighted by molar-refractivity contribution is -0.704. The summed E-state index contributed by atoms with van der Waals surface area (Å²) in [5.41, 5.74) is -0.0376. The molecule has 1 rings (SSSR count). The number of imidazole rings is 1. The molecule has 0 aliphatic rings. The topological polar surface area (TPSA) is 38.2 Å². The van der Waals surface area contributed by atoms with Gasteiger partial charge >= 0.3 is 0 Å². The molecule has 0 saturated carbocycles. The van der Waals surface area contributed by atoms with Crippen LogP contribution in [-0.4, -0.2) is 4.57 Å². The molecule has 18 heavy (non-hydrogen) atoms. The van der Waals surface area contributed by atoms with E-state index in [4.69, 9.17) is 6.42 Å². The Bertz CT molecular complexity index is 435. The molecule has 0 aliphatic carbocycles. The highest BCUT2D eigenvalue weighted by molar-refractivity contribution is 4.90. The average Bonchev–Trinajstić information content (AvgIpc) is 2.68. The Morgan fingerprint density at radius 1 is 1.44 bits per heavy atom. The van der Waals surface area contributed by atoms with E-state index in [1.165, 1.54) is 0 Å². The predicted octanol–water partition coefficient (Wildman–Crippen LogP) is 2.60. The Labute approximate surface area is 109 Å². The van der Waals surface area contributed by atoms with Gasteiger partial charge < -0.3 is 0 Å². The van der Waals surface area contributed by atoms with Crippen molar-refractivity contribution in [1.82, 2.24) is 4.57 Å². The molecule has 1 heterocycles. The van der Waals surface area contributed by atoms with E-state index >= 15 is 0 Å². The highest BCUT2D eigenvalue weighted by atomic mass is 16.3. The maximum absolute atomic E-state index is 10.6. The largest absolute Gasteiger partial charge is 0.282 e.